The molecule has 0 aromatic carbocycles. The average molecular weight is 202 g/mol. The van der Waals surface area contributed by atoms with Crippen LogP contribution in [0.15, 0.2) is 0 Å². The first kappa shape index (κ1) is 11.9. The number of nitrogens with zero attached hydrogens (tertiary/aromatic N) is 1. The minimum atomic E-state index is 0.116. The van der Waals surface area contributed by atoms with Crippen molar-refractivity contribution in [1.29, 1.82) is 0 Å². The topological polar surface area (TPSA) is 58.7 Å². The molecule has 0 radical (unpaired) electrons. The Kier molecular flexibility index (Phi) is 4.31. The highest BCUT2D eigenvalue weighted by Gasteiger charge is 2.27. The summed E-state index contributed by atoms with van der Waals surface area (Å²) >= 11 is 0. The quantitative estimate of drug-likeness (QED) is 0.655. The summed E-state index contributed by atoms with van der Waals surface area (Å²) < 4.78 is 5.32. The fourth-order valence-electron chi connectivity index (χ4n) is 1.68. The molecule has 4 heteroatoms. The molecule has 0 spiro atoms. The molecule has 0 amide bonds. The Morgan fingerprint density at radius 2 is 2.29 bits per heavy atom. The molecular formula is C10H22N2O2. The lowest BCUT2D eigenvalue weighted by Gasteiger charge is -2.39. The Hall–Kier alpha value is -0.160. The van der Waals surface area contributed by atoms with E-state index in [4.69, 9.17) is 10.5 Å². The van der Waals surface area contributed by atoms with Crippen LogP contribution in [0.25, 0.3) is 0 Å². The van der Waals surface area contributed by atoms with Gasteiger partial charge in [-0.15, -0.1) is 0 Å². The second-order valence-corrected chi connectivity index (χ2v) is 4.75. The maximum absolute atomic E-state index is 9.18. The van der Waals surface area contributed by atoms with Crippen LogP contribution in [0.2, 0.25) is 0 Å². The lowest BCUT2D eigenvalue weighted by molar-refractivity contribution is -0.0399. The predicted octanol–water partition coefficient (Wildman–Crippen LogP) is -0.336. The highest BCUT2D eigenvalue weighted by Crippen LogP contribution is 2.18. The molecule has 84 valence electrons. The van der Waals surface area contributed by atoms with Crippen LogP contribution in [0.4, 0.5) is 0 Å². The number of aliphatic hydroxyl groups excluding tert-OH is 1. The van der Waals surface area contributed by atoms with Crippen molar-refractivity contribution < 1.29 is 9.84 Å². The van der Waals surface area contributed by atoms with Crippen molar-refractivity contribution in [2.45, 2.75) is 19.9 Å². The number of morpholine rings is 1. The average Bonchev–Trinajstić information content (AvgIpc) is 2.18. The van der Waals surface area contributed by atoms with Gasteiger partial charge in [0.15, 0.2) is 0 Å². The van der Waals surface area contributed by atoms with Gasteiger partial charge in [-0.1, -0.05) is 13.8 Å². The molecule has 1 heterocycles. The molecule has 4 nitrogen and oxygen atoms in total. The fraction of sp³-hybridized carbons (Fsp3) is 1.00. The Labute approximate surface area is 86.0 Å². The first-order chi connectivity index (χ1) is 6.59. The normalized spacial score (nSPS) is 25.3. The molecule has 0 aromatic heterocycles. The maximum atomic E-state index is 9.18. The molecule has 1 rings (SSSR count). The molecule has 1 unspecified atom stereocenters. The lowest BCUT2D eigenvalue weighted by Crippen LogP contribution is -2.51. The minimum Gasteiger partial charge on any atom is -0.395 e. The molecule has 0 aliphatic carbocycles. The van der Waals surface area contributed by atoms with Crippen molar-refractivity contribution in [3.8, 4) is 0 Å². The summed E-state index contributed by atoms with van der Waals surface area (Å²) in [5.74, 6) is 0. The second kappa shape index (κ2) is 5.07. The Balaban J connectivity index is 2.48. The number of aliphatic hydroxyl groups is 1. The SMILES string of the molecule is CC(C)(CN)CN1CCOCC1CO. The number of hydrogen-bond acceptors (Lipinski definition) is 4. The summed E-state index contributed by atoms with van der Waals surface area (Å²) in [5.41, 5.74) is 5.81. The van der Waals surface area contributed by atoms with E-state index in [0.29, 0.717) is 13.2 Å². The van der Waals surface area contributed by atoms with Gasteiger partial charge in [0.2, 0.25) is 0 Å². The minimum absolute atomic E-state index is 0.116. The van der Waals surface area contributed by atoms with Crippen LogP contribution in [0.3, 0.4) is 0 Å². The molecule has 3 N–H and O–H groups in total. The van der Waals surface area contributed by atoms with E-state index in [1.54, 1.807) is 0 Å². The van der Waals surface area contributed by atoms with Gasteiger partial charge in [-0.2, -0.15) is 0 Å². The van der Waals surface area contributed by atoms with E-state index in [-0.39, 0.29) is 18.1 Å². The Morgan fingerprint density at radius 1 is 1.57 bits per heavy atom. The summed E-state index contributed by atoms with van der Waals surface area (Å²) in [6.45, 7) is 8.36. The number of rotatable bonds is 4. The van der Waals surface area contributed by atoms with Gasteiger partial charge in [0.05, 0.1) is 25.9 Å². The van der Waals surface area contributed by atoms with E-state index in [1.807, 2.05) is 0 Å². The van der Waals surface area contributed by atoms with Crippen molar-refractivity contribution >= 4 is 0 Å². The summed E-state index contributed by atoms with van der Waals surface area (Å²) in [4.78, 5) is 2.27. The maximum Gasteiger partial charge on any atom is 0.0644 e. The third-order valence-electron chi connectivity index (χ3n) is 2.74. The zero-order valence-electron chi connectivity index (χ0n) is 9.20. The summed E-state index contributed by atoms with van der Waals surface area (Å²) in [6, 6.07) is 0.148. The van der Waals surface area contributed by atoms with Crippen LogP contribution in [0.1, 0.15) is 13.8 Å². The summed E-state index contributed by atoms with van der Waals surface area (Å²) in [5, 5.41) is 9.18. The fourth-order valence-corrected chi connectivity index (χ4v) is 1.68. The molecule has 14 heavy (non-hydrogen) atoms. The zero-order chi connectivity index (χ0) is 10.6. The number of ether oxygens (including phenoxy) is 1. The Bertz CT molecular complexity index is 174. The smallest absolute Gasteiger partial charge is 0.0644 e. The Morgan fingerprint density at radius 3 is 2.86 bits per heavy atom. The van der Waals surface area contributed by atoms with Gasteiger partial charge >= 0.3 is 0 Å². The molecule has 1 aliphatic heterocycles. The molecular weight excluding hydrogens is 180 g/mol. The number of hydrogen-bond donors (Lipinski definition) is 2. The van der Waals surface area contributed by atoms with Crippen LogP contribution in [0, 0.1) is 5.41 Å². The van der Waals surface area contributed by atoms with Gasteiger partial charge in [0.1, 0.15) is 0 Å². The van der Waals surface area contributed by atoms with E-state index < -0.39 is 0 Å². The third kappa shape index (κ3) is 3.20. The molecule has 1 fully saturated rings. The molecule has 1 aliphatic rings. The van der Waals surface area contributed by atoms with Gasteiger partial charge < -0.3 is 15.6 Å². The standard InChI is InChI=1S/C10H22N2O2/c1-10(2,7-11)8-12-3-4-14-6-9(12)5-13/h9,13H,3-8,11H2,1-2H3. The first-order valence-electron chi connectivity index (χ1n) is 5.22. The van der Waals surface area contributed by atoms with Crippen LogP contribution < -0.4 is 5.73 Å². The van der Waals surface area contributed by atoms with Crippen LogP contribution >= 0.6 is 0 Å². The highest BCUT2D eigenvalue weighted by atomic mass is 16.5. The van der Waals surface area contributed by atoms with Gasteiger partial charge in [0, 0.05) is 13.1 Å². The van der Waals surface area contributed by atoms with E-state index in [2.05, 4.69) is 18.7 Å². The van der Waals surface area contributed by atoms with Gasteiger partial charge in [-0.25, -0.2) is 0 Å². The van der Waals surface area contributed by atoms with E-state index in [9.17, 15) is 5.11 Å². The van der Waals surface area contributed by atoms with Crippen LogP contribution in [-0.4, -0.2) is 55.5 Å². The van der Waals surface area contributed by atoms with Gasteiger partial charge in [-0.05, 0) is 12.0 Å². The highest BCUT2D eigenvalue weighted by molar-refractivity contribution is 4.81. The van der Waals surface area contributed by atoms with Gasteiger partial charge in [-0.3, -0.25) is 4.90 Å². The molecule has 0 bridgehead atoms. The van der Waals surface area contributed by atoms with E-state index in [0.717, 1.165) is 19.7 Å². The largest absolute Gasteiger partial charge is 0.395 e. The van der Waals surface area contributed by atoms with Crippen molar-refractivity contribution in [2.75, 3.05) is 39.5 Å². The van der Waals surface area contributed by atoms with Crippen LogP contribution in [-0.2, 0) is 4.74 Å². The number of nitrogens with two attached hydrogens (primary N) is 1. The monoisotopic (exact) mass is 202 g/mol. The molecule has 1 atom stereocenters. The van der Waals surface area contributed by atoms with Crippen molar-refractivity contribution in [1.82, 2.24) is 4.90 Å². The van der Waals surface area contributed by atoms with E-state index in [1.165, 1.54) is 0 Å². The van der Waals surface area contributed by atoms with Crippen molar-refractivity contribution in [3.63, 3.8) is 0 Å². The first-order valence-corrected chi connectivity index (χ1v) is 5.22. The second-order valence-electron chi connectivity index (χ2n) is 4.75. The van der Waals surface area contributed by atoms with E-state index >= 15 is 0 Å². The molecule has 0 aromatic rings. The lowest BCUT2D eigenvalue weighted by atomic mass is 9.92. The molecule has 1 saturated heterocycles. The van der Waals surface area contributed by atoms with Crippen molar-refractivity contribution in [2.24, 2.45) is 11.1 Å². The third-order valence-corrected chi connectivity index (χ3v) is 2.74. The zero-order valence-corrected chi connectivity index (χ0v) is 9.20. The van der Waals surface area contributed by atoms with Gasteiger partial charge in [0.25, 0.3) is 0 Å². The summed E-state index contributed by atoms with van der Waals surface area (Å²) in [7, 11) is 0. The summed E-state index contributed by atoms with van der Waals surface area (Å²) in [6.07, 6.45) is 0. The molecule has 0 saturated carbocycles. The predicted molar refractivity (Wildman–Crippen MR) is 56.1 cm³/mol. The van der Waals surface area contributed by atoms with Crippen LogP contribution in [0.5, 0.6) is 0 Å². The van der Waals surface area contributed by atoms with Crippen molar-refractivity contribution in [3.05, 3.63) is 0 Å².